The number of rotatable bonds is 4. The number of hydrogen-bond acceptors (Lipinski definition) is 4. The van der Waals surface area contributed by atoms with Crippen LogP contribution in [0.5, 0.6) is 0 Å². The molecule has 0 bridgehead atoms. The second-order valence-electron chi connectivity index (χ2n) is 4.61. The van der Waals surface area contributed by atoms with Crippen molar-refractivity contribution in [2.24, 2.45) is 7.05 Å². The Bertz CT molecular complexity index is 600. The van der Waals surface area contributed by atoms with Crippen LogP contribution in [-0.4, -0.2) is 20.7 Å². The van der Waals surface area contributed by atoms with Crippen molar-refractivity contribution in [3.63, 3.8) is 0 Å². The highest BCUT2D eigenvalue weighted by molar-refractivity contribution is 7.09. The molecule has 0 aliphatic heterocycles. The number of carbonyl (C=O) groups excluding carboxylic acids is 1. The Kier molecular flexibility index (Phi) is 3.99. The summed E-state index contributed by atoms with van der Waals surface area (Å²) in [7, 11) is 1.91. The molecule has 0 unspecified atom stereocenters. The molecule has 0 aliphatic rings. The fourth-order valence-corrected chi connectivity index (χ4v) is 2.71. The summed E-state index contributed by atoms with van der Waals surface area (Å²) in [6.07, 6.45) is 0.344. The van der Waals surface area contributed by atoms with Crippen LogP contribution in [0.3, 0.4) is 0 Å². The Morgan fingerprint density at radius 2 is 2.16 bits per heavy atom. The molecule has 0 saturated carbocycles. The van der Waals surface area contributed by atoms with Crippen molar-refractivity contribution in [3.05, 3.63) is 33.0 Å². The van der Waals surface area contributed by atoms with Crippen LogP contribution in [0.15, 0.2) is 5.38 Å². The first kappa shape index (κ1) is 13.7. The lowest BCUT2D eigenvalue weighted by molar-refractivity contribution is -0.120. The second kappa shape index (κ2) is 5.52. The van der Waals surface area contributed by atoms with Gasteiger partial charge in [0, 0.05) is 35.9 Å². The van der Waals surface area contributed by atoms with Gasteiger partial charge in [-0.2, -0.15) is 5.10 Å². The monoisotopic (exact) mass is 278 g/mol. The third-order valence-corrected chi connectivity index (χ3v) is 4.07. The molecule has 1 N–H and O–H groups in total. The normalized spacial score (nSPS) is 10.7. The van der Waals surface area contributed by atoms with Crippen molar-refractivity contribution in [2.45, 2.75) is 33.7 Å². The minimum atomic E-state index is -0.00277. The maximum atomic E-state index is 11.9. The standard InChI is InChI=1S/C13H18N4OS/c1-8-7-19-13(15-8)5-12(18)14-6-11-9(2)16-17(4)10(11)3/h7H,5-6H2,1-4H3,(H,14,18). The zero-order valence-electron chi connectivity index (χ0n) is 11.6. The Morgan fingerprint density at radius 1 is 1.42 bits per heavy atom. The van der Waals surface area contributed by atoms with E-state index in [1.54, 1.807) is 0 Å². The van der Waals surface area contributed by atoms with E-state index in [0.29, 0.717) is 13.0 Å². The van der Waals surface area contributed by atoms with Gasteiger partial charge in [-0.05, 0) is 20.8 Å². The van der Waals surface area contributed by atoms with Crippen molar-refractivity contribution in [3.8, 4) is 0 Å². The number of amides is 1. The van der Waals surface area contributed by atoms with Crippen LogP contribution in [0, 0.1) is 20.8 Å². The van der Waals surface area contributed by atoms with E-state index in [1.807, 2.05) is 37.9 Å². The van der Waals surface area contributed by atoms with Gasteiger partial charge in [0.05, 0.1) is 12.1 Å². The second-order valence-corrected chi connectivity index (χ2v) is 5.55. The molecular weight excluding hydrogens is 260 g/mol. The molecule has 5 nitrogen and oxygen atoms in total. The number of hydrogen-bond donors (Lipinski definition) is 1. The van der Waals surface area contributed by atoms with Crippen molar-refractivity contribution >= 4 is 17.2 Å². The van der Waals surface area contributed by atoms with Crippen LogP contribution in [0.1, 0.15) is 27.7 Å². The third kappa shape index (κ3) is 3.20. The summed E-state index contributed by atoms with van der Waals surface area (Å²) >= 11 is 1.52. The van der Waals surface area contributed by atoms with Gasteiger partial charge in [-0.1, -0.05) is 0 Å². The van der Waals surface area contributed by atoms with Gasteiger partial charge >= 0.3 is 0 Å². The molecule has 0 fully saturated rings. The van der Waals surface area contributed by atoms with Gasteiger partial charge in [-0.25, -0.2) is 4.98 Å². The smallest absolute Gasteiger partial charge is 0.227 e. The van der Waals surface area contributed by atoms with E-state index in [4.69, 9.17) is 0 Å². The molecule has 0 spiro atoms. The molecule has 2 aromatic rings. The van der Waals surface area contributed by atoms with E-state index < -0.39 is 0 Å². The summed E-state index contributed by atoms with van der Waals surface area (Å²) < 4.78 is 1.83. The van der Waals surface area contributed by atoms with Crippen LogP contribution in [0.4, 0.5) is 0 Å². The number of thiazole rings is 1. The molecular formula is C13H18N4OS. The van der Waals surface area contributed by atoms with Crippen LogP contribution in [0.25, 0.3) is 0 Å². The molecule has 2 heterocycles. The molecule has 0 aromatic carbocycles. The Labute approximate surface area is 116 Å². The maximum Gasteiger partial charge on any atom is 0.227 e. The molecule has 6 heteroatoms. The lowest BCUT2D eigenvalue weighted by Crippen LogP contribution is -2.25. The molecule has 0 radical (unpaired) electrons. The van der Waals surface area contributed by atoms with Crippen LogP contribution < -0.4 is 5.32 Å². The molecule has 0 aliphatic carbocycles. The third-order valence-electron chi connectivity index (χ3n) is 3.10. The predicted molar refractivity (Wildman–Crippen MR) is 75.1 cm³/mol. The fraction of sp³-hybridized carbons (Fsp3) is 0.462. The summed E-state index contributed by atoms with van der Waals surface area (Å²) in [5.74, 6) is -0.00277. The Balaban J connectivity index is 1.93. The van der Waals surface area contributed by atoms with Crippen molar-refractivity contribution in [2.75, 3.05) is 0 Å². The van der Waals surface area contributed by atoms with Crippen LogP contribution in [-0.2, 0) is 24.8 Å². The van der Waals surface area contributed by atoms with Gasteiger partial charge in [0.25, 0.3) is 0 Å². The fourth-order valence-electron chi connectivity index (χ4n) is 1.94. The molecule has 1 amide bonds. The highest BCUT2D eigenvalue weighted by atomic mass is 32.1. The molecule has 0 atom stereocenters. The predicted octanol–water partition coefficient (Wildman–Crippen LogP) is 1.66. The topological polar surface area (TPSA) is 59.8 Å². The van der Waals surface area contributed by atoms with Crippen LogP contribution >= 0.6 is 11.3 Å². The van der Waals surface area contributed by atoms with Crippen molar-refractivity contribution in [1.29, 1.82) is 0 Å². The molecule has 102 valence electrons. The number of nitrogens with one attached hydrogen (secondary N) is 1. The van der Waals surface area contributed by atoms with Gasteiger partial charge in [-0.3, -0.25) is 9.48 Å². The average molecular weight is 278 g/mol. The van der Waals surface area contributed by atoms with E-state index in [1.165, 1.54) is 11.3 Å². The lowest BCUT2D eigenvalue weighted by Gasteiger charge is -2.04. The van der Waals surface area contributed by atoms with E-state index in [0.717, 1.165) is 27.7 Å². The first-order valence-electron chi connectivity index (χ1n) is 6.14. The summed E-state index contributed by atoms with van der Waals surface area (Å²) in [5.41, 5.74) is 4.10. The minimum Gasteiger partial charge on any atom is -0.352 e. The first-order valence-corrected chi connectivity index (χ1v) is 7.02. The molecule has 19 heavy (non-hydrogen) atoms. The first-order chi connectivity index (χ1) is 8.97. The van der Waals surface area contributed by atoms with Gasteiger partial charge in [0.2, 0.25) is 5.91 Å². The zero-order valence-corrected chi connectivity index (χ0v) is 12.5. The lowest BCUT2D eigenvalue weighted by atomic mass is 10.2. The Hall–Kier alpha value is -1.69. The van der Waals surface area contributed by atoms with E-state index >= 15 is 0 Å². The molecule has 2 aromatic heterocycles. The highest BCUT2D eigenvalue weighted by Gasteiger charge is 2.11. The number of aryl methyl sites for hydroxylation is 3. The number of aromatic nitrogens is 3. The van der Waals surface area contributed by atoms with Crippen molar-refractivity contribution < 1.29 is 4.79 Å². The number of carbonyl (C=O) groups is 1. The summed E-state index contributed by atoms with van der Waals surface area (Å²) in [5, 5.41) is 10.1. The zero-order chi connectivity index (χ0) is 14.0. The summed E-state index contributed by atoms with van der Waals surface area (Å²) in [6.45, 7) is 6.42. The summed E-state index contributed by atoms with van der Waals surface area (Å²) in [4.78, 5) is 16.1. The SMILES string of the molecule is Cc1csc(CC(=O)NCc2c(C)nn(C)c2C)n1. The quantitative estimate of drug-likeness (QED) is 0.925. The summed E-state index contributed by atoms with van der Waals surface area (Å²) in [6, 6.07) is 0. The van der Waals surface area contributed by atoms with Gasteiger partial charge in [0.15, 0.2) is 0 Å². The van der Waals surface area contributed by atoms with Gasteiger partial charge < -0.3 is 5.32 Å². The maximum absolute atomic E-state index is 11.9. The van der Waals surface area contributed by atoms with Crippen molar-refractivity contribution in [1.82, 2.24) is 20.1 Å². The Morgan fingerprint density at radius 3 is 2.68 bits per heavy atom. The number of nitrogens with zero attached hydrogens (tertiary/aromatic N) is 3. The molecule has 2 rings (SSSR count). The van der Waals surface area contributed by atoms with Crippen LogP contribution in [0.2, 0.25) is 0 Å². The van der Waals surface area contributed by atoms with Gasteiger partial charge in [-0.15, -0.1) is 11.3 Å². The largest absolute Gasteiger partial charge is 0.352 e. The minimum absolute atomic E-state index is 0.00277. The van der Waals surface area contributed by atoms with E-state index in [2.05, 4.69) is 15.4 Å². The van der Waals surface area contributed by atoms with E-state index in [9.17, 15) is 4.79 Å². The average Bonchev–Trinajstić information content (AvgIpc) is 2.83. The highest BCUT2D eigenvalue weighted by Crippen LogP contribution is 2.12. The van der Waals surface area contributed by atoms with E-state index in [-0.39, 0.29) is 5.91 Å². The molecule has 0 saturated heterocycles. The van der Waals surface area contributed by atoms with Gasteiger partial charge in [0.1, 0.15) is 5.01 Å².